The Kier molecular flexibility index (Phi) is 3.05. The summed E-state index contributed by atoms with van der Waals surface area (Å²) in [7, 11) is 0. The maximum Gasteiger partial charge on any atom is 0.326 e. The molecule has 1 amide bonds. The normalized spacial score (nSPS) is 30.1. The minimum absolute atomic E-state index is 0.0625. The number of hydrogen-bond donors (Lipinski definition) is 1. The molecule has 1 aliphatic carbocycles. The van der Waals surface area contributed by atoms with Crippen molar-refractivity contribution in [1.82, 2.24) is 4.90 Å². The Morgan fingerprint density at radius 1 is 1.32 bits per heavy atom. The molecule has 5 nitrogen and oxygen atoms in total. The molecule has 3 rings (SSSR count). The third-order valence-corrected chi connectivity index (χ3v) is 4.34. The first kappa shape index (κ1) is 12.3. The third kappa shape index (κ3) is 2.03. The molecule has 0 spiro atoms. The van der Waals surface area contributed by atoms with E-state index in [0.717, 1.165) is 25.7 Å². The number of amides is 1. The van der Waals surface area contributed by atoms with Gasteiger partial charge in [0.05, 0.1) is 6.26 Å². The van der Waals surface area contributed by atoms with Gasteiger partial charge in [0.15, 0.2) is 5.76 Å². The fourth-order valence-corrected chi connectivity index (χ4v) is 3.50. The molecule has 0 aromatic carbocycles. The van der Waals surface area contributed by atoms with E-state index in [9.17, 15) is 14.7 Å². The van der Waals surface area contributed by atoms with E-state index in [1.54, 1.807) is 17.0 Å². The van der Waals surface area contributed by atoms with Crippen molar-refractivity contribution < 1.29 is 19.1 Å². The summed E-state index contributed by atoms with van der Waals surface area (Å²) >= 11 is 0. The summed E-state index contributed by atoms with van der Waals surface area (Å²) < 4.78 is 5.13. The van der Waals surface area contributed by atoms with Crippen LogP contribution < -0.4 is 0 Å². The van der Waals surface area contributed by atoms with E-state index in [0.29, 0.717) is 12.3 Å². The number of carbonyl (C=O) groups is 2. The lowest BCUT2D eigenvalue weighted by molar-refractivity contribution is -0.141. The van der Waals surface area contributed by atoms with Crippen LogP contribution in [0.3, 0.4) is 0 Å². The summed E-state index contributed by atoms with van der Waals surface area (Å²) in [6, 6.07) is 2.60. The average molecular weight is 263 g/mol. The van der Waals surface area contributed by atoms with Crippen LogP contribution in [-0.4, -0.2) is 34.0 Å². The van der Waals surface area contributed by atoms with Gasteiger partial charge < -0.3 is 14.4 Å². The Morgan fingerprint density at radius 3 is 2.79 bits per heavy atom. The Balaban J connectivity index is 1.90. The van der Waals surface area contributed by atoms with Crippen LogP contribution in [0.4, 0.5) is 0 Å². The van der Waals surface area contributed by atoms with Gasteiger partial charge >= 0.3 is 5.97 Å². The van der Waals surface area contributed by atoms with Gasteiger partial charge in [-0.05, 0) is 37.3 Å². The van der Waals surface area contributed by atoms with E-state index >= 15 is 0 Å². The second-order valence-corrected chi connectivity index (χ2v) is 5.39. The molecule has 2 heterocycles. The molecule has 1 aliphatic heterocycles. The van der Waals surface area contributed by atoms with Gasteiger partial charge in [-0.25, -0.2) is 4.79 Å². The second kappa shape index (κ2) is 4.72. The number of nitrogens with zero attached hydrogens (tertiary/aromatic N) is 1. The molecule has 1 saturated heterocycles. The summed E-state index contributed by atoms with van der Waals surface area (Å²) in [4.78, 5) is 25.4. The number of rotatable bonds is 2. The highest BCUT2D eigenvalue weighted by molar-refractivity contribution is 5.95. The standard InChI is InChI=1S/C14H17NO4/c16-13(12-6-3-7-19-12)15-10-5-2-1-4-9(10)8-11(15)14(17)18/h3,6-7,9-11H,1-2,4-5,8H2,(H,17,18)/t9-,10-,11+/m1/s1. The molecular formula is C14H17NO4. The number of carboxylic acid groups (broad SMARTS) is 1. The lowest BCUT2D eigenvalue weighted by atomic mass is 9.84. The van der Waals surface area contributed by atoms with Crippen molar-refractivity contribution in [1.29, 1.82) is 0 Å². The van der Waals surface area contributed by atoms with Crippen LogP contribution in [0.15, 0.2) is 22.8 Å². The van der Waals surface area contributed by atoms with Crippen molar-refractivity contribution in [3.63, 3.8) is 0 Å². The molecule has 1 aromatic heterocycles. The van der Waals surface area contributed by atoms with Gasteiger partial charge in [0, 0.05) is 6.04 Å². The molecule has 1 aromatic rings. The Morgan fingerprint density at radius 2 is 2.11 bits per heavy atom. The zero-order valence-electron chi connectivity index (χ0n) is 10.6. The van der Waals surface area contributed by atoms with Crippen LogP contribution in [0, 0.1) is 5.92 Å². The summed E-state index contributed by atoms with van der Waals surface area (Å²) in [5.74, 6) is -0.632. The number of likely N-dealkylation sites (tertiary alicyclic amines) is 1. The van der Waals surface area contributed by atoms with E-state index in [4.69, 9.17) is 4.42 Å². The molecule has 5 heteroatoms. The van der Waals surface area contributed by atoms with Crippen LogP contribution in [0.5, 0.6) is 0 Å². The zero-order valence-corrected chi connectivity index (χ0v) is 10.6. The lowest BCUT2D eigenvalue weighted by Crippen LogP contribution is -2.46. The van der Waals surface area contributed by atoms with E-state index in [-0.39, 0.29) is 17.7 Å². The smallest absolute Gasteiger partial charge is 0.326 e. The van der Waals surface area contributed by atoms with Gasteiger partial charge in [-0.15, -0.1) is 0 Å². The van der Waals surface area contributed by atoms with Gasteiger partial charge in [-0.3, -0.25) is 4.79 Å². The van der Waals surface area contributed by atoms with E-state index in [1.165, 1.54) is 6.26 Å². The first-order valence-electron chi connectivity index (χ1n) is 6.77. The van der Waals surface area contributed by atoms with Crippen LogP contribution in [0.25, 0.3) is 0 Å². The van der Waals surface area contributed by atoms with Crippen molar-refractivity contribution in [2.75, 3.05) is 0 Å². The fraction of sp³-hybridized carbons (Fsp3) is 0.571. The number of carbonyl (C=O) groups excluding carboxylic acids is 1. The number of furan rings is 1. The van der Waals surface area contributed by atoms with Crippen molar-refractivity contribution in [2.24, 2.45) is 5.92 Å². The Labute approximate surface area is 111 Å². The molecule has 2 aliphatic rings. The number of hydrogen-bond acceptors (Lipinski definition) is 3. The lowest BCUT2D eigenvalue weighted by Gasteiger charge is -2.32. The van der Waals surface area contributed by atoms with Crippen molar-refractivity contribution in [3.05, 3.63) is 24.2 Å². The molecule has 0 radical (unpaired) electrons. The van der Waals surface area contributed by atoms with Crippen LogP contribution in [0.1, 0.15) is 42.7 Å². The number of aliphatic carboxylic acids is 1. The fourth-order valence-electron chi connectivity index (χ4n) is 3.50. The molecular weight excluding hydrogens is 246 g/mol. The minimum Gasteiger partial charge on any atom is -0.480 e. The Hall–Kier alpha value is -1.78. The summed E-state index contributed by atoms with van der Waals surface area (Å²) in [5.41, 5.74) is 0. The van der Waals surface area contributed by atoms with Gasteiger partial charge in [0.25, 0.3) is 5.91 Å². The van der Waals surface area contributed by atoms with E-state index in [2.05, 4.69) is 0 Å². The first-order valence-corrected chi connectivity index (χ1v) is 6.77. The predicted octanol–water partition coefficient (Wildman–Crippen LogP) is 2.14. The summed E-state index contributed by atoms with van der Waals surface area (Å²) in [6.07, 6.45) is 6.15. The van der Waals surface area contributed by atoms with Crippen molar-refractivity contribution in [2.45, 2.75) is 44.2 Å². The highest BCUT2D eigenvalue weighted by Crippen LogP contribution is 2.40. The molecule has 1 saturated carbocycles. The number of carboxylic acids is 1. The molecule has 2 fully saturated rings. The van der Waals surface area contributed by atoms with E-state index in [1.807, 2.05) is 0 Å². The van der Waals surface area contributed by atoms with Gasteiger partial charge in [-0.2, -0.15) is 0 Å². The van der Waals surface area contributed by atoms with Crippen LogP contribution >= 0.6 is 0 Å². The molecule has 3 atom stereocenters. The maximum atomic E-state index is 12.4. The summed E-state index contributed by atoms with van der Waals surface area (Å²) in [5, 5.41) is 9.35. The average Bonchev–Trinajstić information content (AvgIpc) is 3.05. The van der Waals surface area contributed by atoms with Crippen LogP contribution in [0.2, 0.25) is 0 Å². The van der Waals surface area contributed by atoms with Crippen LogP contribution in [-0.2, 0) is 4.79 Å². The van der Waals surface area contributed by atoms with Gasteiger partial charge in [0.2, 0.25) is 0 Å². The molecule has 102 valence electrons. The molecule has 0 bridgehead atoms. The maximum absolute atomic E-state index is 12.4. The Bertz CT molecular complexity index is 482. The highest BCUT2D eigenvalue weighted by atomic mass is 16.4. The van der Waals surface area contributed by atoms with Crippen molar-refractivity contribution in [3.8, 4) is 0 Å². The van der Waals surface area contributed by atoms with Gasteiger partial charge in [0.1, 0.15) is 6.04 Å². The third-order valence-electron chi connectivity index (χ3n) is 4.34. The first-order chi connectivity index (χ1) is 9.18. The molecule has 0 unspecified atom stereocenters. The second-order valence-electron chi connectivity index (χ2n) is 5.39. The predicted molar refractivity (Wildman–Crippen MR) is 66.7 cm³/mol. The zero-order chi connectivity index (χ0) is 13.4. The quantitative estimate of drug-likeness (QED) is 0.887. The van der Waals surface area contributed by atoms with E-state index < -0.39 is 12.0 Å². The van der Waals surface area contributed by atoms with Gasteiger partial charge in [-0.1, -0.05) is 12.8 Å². The minimum atomic E-state index is -0.908. The molecule has 1 N–H and O–H groups in total. The number of fused-ring (bicyclic) bond motifs is 1. The summed E-state index contributed by atoms with van der Waals surface area (Å²) in [6.45, 7) is 0. The van der Waals surface area contributed by atoms with Crippen molar-refractivity contribution >= 4 is 11.9 Å². The monoisotopic (exact) mass is 263 g/mol. The SMILES string of the molecule is O=C(O)[C@@H]1C[C@H]2CCCC[C@H]2N1C(=O)c1ccco1. The molecule has 19 heavy (non-hydrogen) atoms. The largest absolute Gasteiger partial charge is 0.480 e. The highest BCUT2D eigenvalue weighted by Gasteiger charge is 2.48. The topological polar surface area (TPSA) is 70.8 Å².